The minimum Gasteiger partial charge on any atom is -0.298 e. The first-order chi connectivity index (χ1) is 12.9. The third-order valence-corrected chi connectivity index (χ3v) is 7.53. The van der Waals surface area contributed by atoms with Crippen LogP contribution in [-0.4, -0.2) is 40.4 Å². The summed E-state index contributed by atoms with van der Waals surface area (Å²) in [6.45, 7) is 4.71. The van der Waals surface area contributed by atoms with E-state index in [0.29, 0.717) is 5.56 Å². The third-order valence-electron chi connectivity index (χ3n) is 4.71. The van der Waals surface area contributed by atoms with Crippen LogP contribution in [0.15, 0.2) is 42.5 Å². The van der Waals surface area contributed by atoms with Gasteiger partial charge in [0.1, 0.15) is 5.82 Å². The maximum absolute atomic E-state index is 14.2. The van der Waals surface area contributed by atoms with Gasteiger partial charge in [0.05, 0.1) is 16.6 Å². The Morgan fingerprint density at radius 2 is 1.74 bits per heavy atom. The summed E-state index contributed by atoms with van der Waals surface area (Å²) in [7, 11) is -3.03. The SMILES string of the molecule is CC(OP(=O)(N1CC1)N1CC1)c1ccc([N+](=O)[O-])c(-c2ccccc2F)c1. The lowest BCUT2D eigenvalue weighted by atomic mass is 9.99. The van der Waals surface area contributed by atoms with E-state index >= 15 is 0 Å². The highest BCUT2D eigenvalue weighted by Gasteiger charge is 2.50. The van der Waals surface area contributed by atoms with Gasteiger partial charge < -0.3 is 0 Å². The number of hydrogen-bond donors (Lipinski definition) is 0. The number of nitro groups is 1. The first kappa shape index (κ1) is 18.3. The fourth-order valence-corrected chi connectivity index (χ4v) is 5.38. The van der Waals surface area contributed by atoms with Crippen LogP contribution in [0.5, 0.6) is 0 Å². The molecule has 9 heteroatoms. The third kappa shape index (κ3) is 3.53. The molecule has 142 valence electrons. The largest absolute Gasteiger partial charge is 0.346 e. The van der Waals surface area contributed by atoms with Crippen LogP contribution in [0.4, 0.5) is 10.1 Å². The molecule has 7 nitrogen and oxygen atoms in total. The highest BCUT2D eigenvalue weighted by molar-refractivity contribution is 7.54. The van der Waals surface area contributed by atoms with E-state index in [1.54, 1.807) is 34.5 Å². The number of halogens is 1. The average Bonchev–Trinajstić information content (AvgIpc) is 3.53. The Hall–Kier alpha value is -2.12. The Labute approximate surface area is 156 Å². The number of benzene rings is 2. The van der Waals surface area contributed by atoms with E-state index in [0.717, 1.165) is 26.2 Å². The normalized spacial score (nSPS) is 18.3. The molecule has 1 atom stereocenters. The first-order valence-electron chi connectivity index (χ1n) is 8.72. The molecule has 1 unspecified atom stereocenters. The molecule has 0 radical (unpaired) electrons. The summed E-state index contributed by atoms with van der Waals surface area (Å²) in [5, 5.41) is 11.4. The Morgan fingerprint density at radius 3 is 2.30 bits per heavy atom. The number of nitro benzene ring substituents is 1. The van der Waals surface area contributed by atoms with Gasteiger partial charge >= 0.3 is 7.67 Å². The van der Waals surface area contributed by atoms with Crippen LogP contribution in [0.2, 0.25) is 0 Å². The van der Waals surface area contributed by atoms with Crippen molar-refractivity contribution in [1.82, 2.24) is 9.34 Å². The first-order valence-corrected chi connectivity index (χ1v) is 10.3. The van der Waals surface area contributed by atoms with Crippen LogP contribution in [0.3, 0.4) is 0 Å². The molecule has 0 N–H and O–H groups in total. The van der Waals surface area contributed by atoms with Crippen LogP contribution in [-0.2, 0) is 9.09 Å². The molecule has 0 aromatic heterocycles. The summed E-state index contributed by atoms with van der Waals surface area (Å²) >= 11 is 0. The van der Waals surface area contributed by atoms with Crippen LogP contribution < -0.4 is 0 Å². The lowest BCUT2D eigenvalue weighted by Crippen LogP contribution is -2.10. The van der Waals surface area contributed by atoms with Crippen LogP contribution in [0, 0.1) is 15.9 Å². The molecule has 0 amide bonds. The monoisotopic (exact) mass is 391 g/mol. The van der Waals surface area contributed by atoms with E-state index in [9.17, 15) is 19.1 Å². The molecular weight excluding hydrogens is 372 g/mol. The van der Waals surface area contributed by atoms with Gasteiger partial charge in [-0.15, -0.1) is 0 Å². The summed E-state index contributed by atoms with van der Waals surface area (Å²) in [5.74, 6) is -0.537. The van der Waals surface area contributed by atoms with Gasteiger partial charge in [0.25, 0.3) is 5.69 Å². The Morgan fingerprint density at radius 1 is 1.11 bits per heavy atom. The maximum atomic E-state index is 14.2. The summed E-state index contributed by atoms with van der Waals surface area (Å²) in [6, 6.07) is 10.4. The molecule has 27 heavy (non-hydrogen) atoms. The van der Waals surface area contributed by atoms with Crippen molar-refractivity contribution < 1.29 is 18.4 Å². The van der Waals surface area contributed by atoms with E-state index in [2.05, 4.69) is 0 Å². The summed E-state index contributed by atoms with van der Waals surface area (Å²) < 4.78 is 37.0. The molecule has 2 aromatic rings. The molecule has 2 aliphatic heterocycles. The average molecular weight is 391 g/mol. The second-order valence-electron chi connectivity index (χ2n) is 6.66. The van der Waals surface area contributed by atoms with Gasteiger partial charge in [-0.3, -0.25) is 19.2 Å². The van der Waals surface area contributed by atoms with Gasteiger partial charge in [0, 0.05) is 37.8 Å². The van der Waals surface area contributed by atoms with Crippen molar-refractivity contribution in [3.8, 4) is 11.1 Å². The fourth-order valence-electron chi connectivity index (χ4n) is 3.04. The molecule has 2 aliphatic rings. The van der Waals surface area contributed by atoms with Gasteiger partial charge in [-0.2, -0.15) is 0 Å². The topological polar surface area (TPSA) is 75.5 Å². The Balaban J connectivity index is 1.69. The molecule has 0 bridgehead atoms. The van der Waals surface area contributed by atoms with Crippen molar-refractivity contribution in [3.63, 3.8) is 0 Å². The zero-order valence-electron chi connectivity index (χ0n) is 14.7. The predicted molar refractivity (Wildman–Crippen MR) is 98.7 cm³/mol. The minimum atomic E-state index is -3.03. The number of nitrogens with zero attached hydrogens (tertiary/aromatic N) is 3. The van der Waals surface area contributed by atoms with E-state index in [-0.39, 0.29) is 16.8 Å². The van der Waals surface area contributed by atoms with Gasteiger partial charge in [-0.1, -0.05) is 18.2 Å². The lowest BCUT2D eigenvalue weighted by Gasteiger charge is -2.24. The van der Waals surface area contributed by atoms with Crippen molar-refractivity contribution in [2.75, 3.05) is 26.2 Å². The molecular formula is C18H19FN3O4P. The van der Waals surface area contributed by atoms with Crippen LogP contribution >= 0.6 is 7.67 Å². The van der Waals surface area contributed by atoms with Gasteiger partial charge in [-0.05, 0) is 30.7 Å². The second kappa shape index (κ2) is 6.80. The van der Waals surface area contributed by atoms with Crippen molar-refractivity contribution in [2.45, 2.75) is 13.0 Å². The molecule has 2 heterocycles. The van der Waals surface area contributed by atoms with Crippen molar-refractivity contribution >= 4 is 13.4 Å². The molecule has 0 saturated carbocycles. The molecule has 2 fully saturated rings. The highest BCUT2D eigenvalue weighted by atomic mass is 31.2. The smallest absolute Gasteiger partial charge is 0.298 e. The van der Waals surface area contributed by atoms with E-state index in [1.165, 1.54) is 24.3 Å². The zero-order chi connectivity index (χ0) is 19.2. The standard InChI is InChI=1S/C18H19FN3O4P/c1-13(26-27(25,20-8-9-20)21-10-11-21)14-6-7-18(22(23)24)16(12-14)15-4-2-3-5-17(15)19/h2-7,12-13H,8-11H2,1H3. The van der Waals surface area contributed by atoms with E-state index in [1.807, 2.05) is 0 Å². The van der Waals surface area contributed by atoms with Gasteiger partial charge in [-0.25, -0.2) is 13.7 Å². The Kier molecular flexibility index (Phi) is 4.60. The summed E-state index contributed by atoms with van der Waals surface area (Å²) in [5.41, 5.74) is 0.761. The summed E-state index contributed by atoms with van der Waals surface area (Å²) in [6.07, 6.45) is -0.552. The molecule has 0 aliphatic carbocycles. The minimum absolute atomic E-state index is 0.151. The molecule has 2 aromatic carbocycles. The number of hydrogen-bond acceptors (Lipinski definition) is 4. The van der Waals surface area contributed by atoms with Gasteiger partial charge in [0.15, 0.2) is 0 Å². The highest BCUT2D eigenvalue weighted by Crippen LogP contribution is 2.63. The summed E-state index contributed by atoms with van der Waals surface area (Å²) in [4.78, 5) is 10.9. The van der Waals surface area contributed by atoms with Crippen molar-refractivity contribution in [1.29, 1.82) is 0 Å². The van der Waals surface area contributed by atoms with Gasteiger partial charge in [0.2, 0.25) is 0 Å². The maximum Gasteiger partial charge on any atom is 0.346 e. The Bertz CT molecular complexity index is 930. The quantitative estimate of drug-likeness (QED) is 0.305. The fraction of sp³-hybridized carbons (Fsp3) is 0.333. The van der Waals surface area contributed by atoms with E-state index in [4.69, 9.17) is 4.52 Å². The molecule has 4 rings (SSSR count). The second-order valence-corrected chi connectivity index (χ2v) is 8.98. The van der Waals surface area contributed by atoms with Crippen molar-refractivity contribution in [3.05, 3.63) is 64.0 Å². The van der Waals surface area contributed by atoms with Crippen LogP contribution in [0.1, 0.15) is 18.6 Å². The molecule has 0 spiro atoms. The number of rotatable bonds is 7. The molecule has 2 saturated heterocycles. The zero-order valence-corrected chi connectivity index (χ0v) is 15.6. The lowest BCUT2D eigenvalue weighted by molar-refractivity contribution is -0.384. The predicted octanol–water partition coefficient (Wildman–Crippen LogP) is 4.22. The van der Waals surface area contributed by atoms with Crippen LogP contribution in [0.25, 0.3) is 11.1 Å². The van der Waals surface area contributed by atoms with Crippen molar-refractivity contribution in [2.24, 2.45) is 0 Å². The van der Waals surface area contributed by atoms with E-state index < -0.39 is 24.5 Å².